The van der Waals surface area contributed by atoms with Gasteiger partial charge in [-0.25, -0.2) is 4.79 Å². The van der Waals surface area contributed by atoms with E-state index in [2.05, 4.69) is 4.84 Å². The molecule has 1 atom stereocenters. The van der Waals surface area contributed by atoms with E-state index < -0.39 is 31.1 Å². The Morgan fingerprint density at radius 1 is 1.10 bits per heavy atom. The number of aryl methyl sites for hydroxylation is 1. The van der Waals surface area contributed by atoms with Crippen LogP contribution in [0.2, 0.25) is 0 Å². The van der Waals surface area contributed by atoms with Crippen LogP contribution in [0.4, 0.5) is 0 Å². The lowest BCUT2D eigenvalue weighted by atomic mass is 9.99. The normalized spacial score (nSPS) is 13.0. The molecule has 0 spiro atoms. The van der Waals surface area contributed by atoms with Crippen LogP contribution in [0.5, 0.6) is 0 Å². The van der Waals surface area contributed by atoms with E-state index in [-0.39, 0.29) is 19.6 Å². The van der Waals surface area contributed by atoms with Crippen LogP contribution in [0.3, 0.4) is 0 Å². The Morgan fingerprint density at radius 2 is 1.72 bits per heavy atom. The van der Waals surface area contributed by atoms with Gasteiger partial charge in [0.15, 0.2) is 5.92 Å². The quantitative estimate of drug-likeness (QED) is 0.247. The highest BCUT2D eigenvalue weighted by Crippen LogP contribution is 2.46. The fourth-order valence-electron chi connectivity index (χ4n) is 2.71. The lowest BCUT2D eigenvalue weighted by molar-refractivity contribution is -0.169. The summed E-state index contributed by atoms with van der Waals surface area (Å²) in [7, 11) is -3.37. The van der Waals surface area contributed by atoms with Gasteiger partial charge in [0.25, 0.3) is 0 Å². The van der Waals surface area contributed by atoms with Gasteiger partial charge < -0.3 is 18.6 Å². The summed E-state index contributed by atoms with van der Waals surface area (Å²) in [6.07, 6.45) is 1.25. The summed E-state index contributed by atoms with van der Waals surface area (Å²) < 4.78 is 28.9. The number of ether oxygens (including phenoxy) is 1. The number of hydrogen-bond acceptors (Lipinski definition) is 8. The van der Waals surface area contributed by atoms with Gasteiger partial charge >= 0.3 is 19.5 Å². The Kier molecular flexibility index (Phi) is 10.00. The largest absolute Gasteiger partial charge is 0.459 e. The first kappa shape index (κ1) is 25.3. The van der Waals surface area contributed by atoms with Crippen molar-refractivity contribution in [3.63, 3.8) is 0 Å². The molecule has 164 valence electrons. The Bertz CT molecular complexity index is 720. The van der Waals surface area contributed by atoms with Gasteiger partial charge in [0.05, 0.1) is 18.5 Å². The van der Waals surface area contributed by atoms with E-state index in [1.165, 1.54) is 0 Å². The number of esters is 1. The number of hydrogen-bond donors (Lipinski definition) is 1. The molecule has 1 aromatic carbocycles. The maximum Gasteiger partial charge on any atom is 0.361 e. The van der Waals surface area contributed by atoms with Crippen molar-refractivity contribution in [3.05, 3.63) is 29.8 Å². The average molecular weight is 429 g/mol. The topological polar surface area (TPSA) is 114 Å². The standard InChI is InChI=1S/C20H32NO7P/c1-6-25-29(24,26-7-2)16-12-8-10-15(14-16)11-9-13-17(19(23)28-21)18(22)27-20(3,4)5/h8,10,12,14,17H,6-7,9,11,13,21H2,1-5H3/t17-/m0/s1. The number of carbonyl (C=O) groups is 2. The molecule has 0 heterocycles. The average Bonchev–Trinajstić information content (AvgIpc) is 2.64. The van der Waals surface area contributed by atoms with Gasteiger partial charge in [0, 0.05) is 0 Å². The van der Waals surface area contributed by atoms with Crippen LogP contribution in [-0.2, 0) is 39.2 Å². The van der Waals surface area contributed by atoms with Crippen LogP contribution in [0.25, 0.3) is 0 Å². The molecule has 8 nitrogen and oxygen atoms in total. The Balaban J connectivity index is 2.84. The number of nitrogens with two attached hydrogens (primary N) is 1. The Morgan fingerprint density at radius 3 is 2.24 bits per heavy atom. The van der Waals surface area contributed by atoms with Crippen LogP contribution in [0.15, 0.2) is 24.3 Å². The van der Waals surface area contributed by atoms with Crippen molar-refractivity contribution in [2.24, 2.45) is 11.8 Å². The molecule has 0 saturated carbocycles. The smallest absolute Gasteiger partial charge is 0.361 e. The molecule has 0 bridgehead atoms. The molecular formula is C20H32NO7P. The van der Waals surface area contributed by atoms with E-state index in [1.807, 2.05) is 6.07 Å². The molecular weight excluding hydrogens is 397 g/mol. The fraction of sp³-hybridized carbons (Fsp3) is 0.600. The van der Waals surface area contributed by atoms with Crippen molar-refractivity contribution in [2.75, 3.05) is 13.2 Å². The third kappa shape index (κ3) is 8.26. The highest BCUT2D eigenvalue weighted by molar-refractivity contribution is 7.62. The first-order chi connectivity index (χ1) is 13.6. The highest BCUT2D eigenvalue weighted by atomic mass is 31.2. The van der Waals surface area contributed by atoms with Crippen molar-refractivity contribution < 1.29 is 32.8 Å². The lowest BCUT2D eigenvalue weighted by Crippen LogP contribution is -2.34. The van der Waals surface area contributed by atoms with E-state index in [9.17, 15) is 14.2 Å². The minimum Gasteiger partial charge on any atom is -0.459 e. The molecule has 1 rings (SSSR count). The first-order valence-electron chi connectivity index (χ1n) is 9.68. The Labute approximate surface area is 172 Å². The molecule has 29 heavy (non-hydrogen) atoms. The number of rotatable bonds is 11. The van der Waals surface area contributed by atoms with Gasteiger partial charge in [-0.2, -0.15) is 5.90 Å². The molecule has 0 aliphatic heterocycles. The van der Waals surface area contributed by atoms with Crippen LogP contribution < -0.4 is 11.2 Å². The Hall–Kier alpha value is -1.73. The zero-order valence-electron chi connectivity index (χ0n) is 17.8. The predicted octanol–water partition coefficient (Wildman–Crippen LogP) is 3.28. The van der Waals surface area contributed by atoms with E-state index in [1.54, 1.807) is 52.8 Å². The van der Waals surface area contributed by atoms with E-state index in [0.717, 1.165) is 5.56 Å². The van der Waals surface area contributed by atoms with Crippen LogP contribution >= 0.6 is 7.60 Å². The maximum absolute atomic E-state index is 12.9. The van der Waals surface area contributed by atoms with Gasteiger partial charge in [-0.15, -0.1) is 0 Å². The third-order valence-corrected chi connectivity index (χ3v) is 5.98. The second-order valence-electron chi connectivity index (χ2n) is 7.42. The molecule has 9 heteroatoms. The van der Waals surface area contributed by atoms with Crippen molar-refractivity contribution in [1.29, 1.82) is 0 Å². The summed E-state index contributed by atoms with van der Waals surface area (Å²) in [5.74, 6) is 2.37. The molecule has 0 aromatic heterocycles. The monoisotopic (exact) mass is 429 g/mol. The molecule has 0 unspecified atom stereocenters. The van der Waals surface area contributed by atoms with Crippen LogP contribution in [0.1, 0.15) is 53.0 Å². The molecule has 0 radical (unpaired) electrons. The zero-order valence-corrected chi connectivity index (χ0v) is 18.7. The van der Waals surface area contributed by atoms with E-state index in [0.29, 0.717) is 18.1 Å². The first-order valence-corrected chi connectivity index (χ1v) is 11.2. The summed E-state index contributed by atoms with van der Waals surface area (Å²) in [4.78, 5) is 28.4. The second kappa shape index (κ2) is 11.5. The maximum atomic E-state index is 12.9. The second-order valence-corrected chi connectivity index (χ2v) is 9.45. The van der Waals surface area contributed by atoms with E-state index >= 15 is 0 Å². The highest BCUT2D eigenvalue weighted by Gasteiger charge is 2.32. The predicted molar refractivity (Wildman–Crippen MR) is 109 cm³/mol. The lowest BCUT2D eigenvalue weighted by Gasteiger charge is -2.22. The van der Waals surface area contributed by atoms with Crippen LogP contribution in [0, 0.1) is 5.92 Å². The summed E-state index contributed by atoms with van der Waals surface area (Å²) in [6.45, 7) is 9.19. The molecule has 0 aliphatic rings. The zero-order chi connectivity index (χ0) is 22.1. The van der Waals surface area contributed by atoms with Gasteiger partial charge in [0.1, 0.15) is 5.60 Å². The van der Waals surface area contributed by atoms with E-state index in [4.69, 9.17) is 19.7 Å². The van der Waals surface area contributed by atoms with Gasteiger partial charge in [-0.1, -0.05) is 12.1 Å². The minimum absolute atomic E-state index is 0.212. The molecule has 0 amide bonds. The molecule has 1 aromatic rings. The molecule has 2 N–H and O–H groups in total. The summed E-state index contributed by atoms with van der Waals surface area (Å²) in [6, 6.07) is 7.10. The van der Waals surface area contributed by atoms with Crippen molar-refractivity contribution >= 4 is 24.8 Å². The SMILES string of the molecule is CCOP(=O)(OCC)c1cccc(CCC[C@H](C(=O)ON)C(=O)OC(C)(C)C)c1. The van der Waals surface area contributed by atoms with Gasteiger partial charge in [-0.05, 0) is 71.6 Å². The summed E-state index contributed by atoms with van der Waals surface area (Å²) in [5, 5.41) is 0.476. The minimum atomic E-state index is -3.37. The van der Waals surface area contributed by atoms with Gasteiger partial charge in [-0.3, -0.25) is 9.36 Å². The number of carbonyl (C=O) groups excluding carboxylic acids is 2. The van der Waals surface area contributed by atoms with Crippen molar-refractivity contribution in [3.8, 4) is 0 Å². The molecule has 0 saturated heterocycles. The third-order valence-electron chi connectivity index (χ3n) is 3.88. The fourth-order valence-corrected chi connectivity index (χ4v) is 4.35. The molecule has 0 fully saturated rings. The van der Waals surface area contributed by atoms with Crippen molar-refractivity contribution in [2.45, 2.75) is 59.5 Å². The molecule has 0 aliphatic carbocycles. The van der Waals surface area contributed by atoms with Crippen molar-refractivity contribution in [1.82, 2.24) is 0 Å². The summed E-state index contributed by atoms with van der Waals surface area (Å²) >= 11 is 0. The van der Waals surface area contributed by atoms with Crippen LogP contribution in [-0.4, -0.2) is 30.8 Å². The van der Waals surface area contributed by atoms with Gasteiger partial charge in [0.2, 0.25) is 0 Å². The number of benzene rings is 1. The summed E-state index contributed by atoms with van der Waals surface area (Å²) in [5.41, 5.74) is 0.157.